The maximum absolute atomic E-state index is 9.42. The smallest absolute Gasteiger partial charge is 0.0938 e. The van der Waals surface area contributed by atoms with Crippen molar-refractivity contribution in [2.75, 3.05) is 13.1 Å². The molecule has 5 heteroatoms. The third-order valence-corrected chi connectivity index (χ3v) is 3.34. The summed E-state index contributed by atoms with van der Waals surface area (Å²) < 4.78 is 0. The van der Waals surface area contributed by atoms with Crippen LogP contribution in [0.5, 0.6) is 0 Å². The van der Waals surface area contributed by atoms with Crippen LogP contribution in [0, 0.1) is 0 Å². The minimum atomic E-state index is -0.669. The molecule has 3 nitrogen and oxygen atoms in total. The van der Waals surface area contributed by atoms with E-state index in [1.807, 2.05) is 4.90 Å². The number of halogens is 2. The van der Waals surface area contributed by atoms with Crippen LogP contribution >= 0.6 is 23.2 Å². The summed E-state index contributed by atoms with van der Waals surface area (Å²) in [6.07, 6.45) is -1.34. The van der Waals surface area contributed by atoms with Crippen molar-refractivity contribution in [3.05, 3.63) is 33.8 Å². The fourth-order valence-electron chi connectivity index (χ4n) is 1.88. The van der Waals surface area contributed by atoms with Gasteiger partial charge in [0.1, 0.15) is 0 Å². The molecule has 1 aliphatic rings. The summed E-state index contributed by atoms with van der Waals surface area (Å²) in [6, 6.07) is 5.30. The summed E-state index contributed by atoms with van der Waals surface area (Å²) in [5, 5.41) is 20.1. The predicted molar refractivity (Wildman–Crippen MR) is 63.8 cm³/mol. The van der Waals surface area contributed by atoms with Gasteiger partial charge in [-0.2, -0.15) is 0 Å². The molecule has 2 N–H and O–H groups in total. The van der Waals surface area contributed by atoms with E-state index in [-0.39, 0.29) is 0 Å². The third-order valence-electron chi connectivity index (χ3n) is 2.74. The number of aliphatic hydroxyl groups is 2. The van der Waals surface area contributed by atoms with Crippen LogP contribution in [0.1, 0.15) is 5.56 Å². The van der Waals surface area contributed by atoms with Crippen LogP contribution in [0.3, 0.4) is 0 Å². The van der Waals surface area contributed by atoms with E-state index in [9.17, 15) is 10.2 Å². The molecule has 2 rings (SSSR count). The van der Waals surface area contributed by atoms with Crippen LogP contribution in [-0.2, 0) is 6.54 Å². The number of aliphatic hydroxyl groups excluding tert-OH is 2. The summed E-state index contributed by atoms with van der Waals surface area (Å²) in [5.74, 6) is 0. The maximum atomic E-state index is 9.42. The molecule has 1 aromatic rings. The van der Waals surface area contributed by atoms with E-state index in [0.717, 1.165) is 5.56 Å². The second-order valence-corrected chi connectivity index (χ2v) is 4.91. The number of benzene rings is 1. The van der Waals surface area contributed by atoms with Crippen molar-refractivity contribution >= 4 is 23.2 Å². The van der Waals surface area contributed by atoms with Crippen LogP contribution in [-0.4, -0.2) is 40.4 Å². The standard InChI is InChI=1S/C11H13Cl2NO2/c12-8-1-2-9(13)7(3-8)4-14-5-10(15)11(16)6-14/h1-3,10-11,15-16H,4-6H2. The lowest BCUT2D eigenvalue weighted by Gasteiger charge is -2.15. The first-order valence-corrected chi connectivity index (χ1v) is 5.84. The van der Waals surface area contributed by atoms with E-state index >= 15 is 0 Å². The van der Waals surface area contributed by atoms with Gasteiger partial charge >= 0.3 is 0 Å². The van der Waals surface area contributed by atoms with Crippen molar-refractivity contribution in [2.45, 2.75) is 18.8 Å². The van der Waals surface area contributed by atoms with Gasteiger partial charge in [0.25, 0.3) is 0 Å². The molecule has 0 radical (unpaired) electrons. The van der Waals surface area contributed by atoms with Crippen molar-refractivity contribution < 1.29 is 10.2 Å². The lowest BCUT2D eigenvalue weighted by Crippen LogP contribution is -2.22. The van der Waals surface area contributed by atoms with Gasteiger partial charge in [-0.15, -0.1) is 0 Å². The van der Waals surface area contributed by atoms with Crippen LogP contribution in [0.2, 0.25) is 10.0 Å². The molecule has 0 aliphatic carbocycles. The lowest BCUT2D eigenvalue weighted by molar-refractivity contribution is 0.0572. The molecule has 1 aromatic carbocycles. The molecule has 1 heterocycles. The van der Waals surface area contributed by atoms with E-state index in [2.05, 4.69) is 0 Å². The Kier molecular flexibility index (Phi) is 3.72. The topological polar surface area (TPSA) is 43.7 Å². The average Bonchev–Trinajstić information content (AvgIpc) is 2.52. The molecule has 0 aromatic heterocycles. The highest BCUT2D eigenvalue weighted by atomic mass is 35.5. The van der Waals surface area contributed by atoms with Crippen LogP contribution in [0.15, 0.2) is 18.2 Å². The average molecular weight is 262 g/mol. The Morgan fingerprint density at radius 3 is 2.44 bits per heavy atom. The van der Waals surface area contributed by atoms with Gasteiger partial charge in [-0.1, -0.05) is 23.2 Å². The molecular weight excluding hydrogens is 249 g/mol. The number of hydrogen-bond acceptors (Lipinski definition) is 3. The van der Waals surface area contributed by atoms with E-state index in [4.69, 9.17) is 23.2 Å². The normalized spacial score (nSPS) is 26.2. The zero-order valence-electron chi connectivity index (χ0n) is 8.61. The fraction of sp³-hybridized carbons (Fsp3) is 0.455. The highest BCUT2D eigenvalue weighted by Crippen LogP contribution is 2.23. The summed E-state index contributed by atoms with van der Waals surface area (Å²) in [4.78, 5) is 1.95. The van der Waals surface area contributed by atoms with Crippen LogP contribution < -0.4 is 0 Å². The van der Waals surface area contributed by atoms with Gasteiger partial charge in [-0.25, -0.2) is 0 Å². The number of β-amino-alcohol motifs (C(OH)–C–C–N with tert-alkyl or cyclic N) is 2. The molecule has 0 spiro atoms. The van der Waals surface area contributed by atoms with Crippen LogP contribution in [0.4, 0.5) is 0 Å². The van der Waals surface area contributed by atoms with E-state index in [1.165, 1.54) is 0 Å². The van der Waals surface area contributed by atoms with Gasteiger partial charge in [0.15, 0.2) is 0 Å². The van der Waals surface area contributed by atoms with Crippen molar-refractivity contribution in [3.8, 4) is 0 Å². The highest BCUT2D eigenvalue weighted by Gasteiger charge is 2.29. The molecular formula is C11H13Cl2NO2. The summed E-state index contributed by atoms with van der Waals surface area (Å²) in [6.45, 7) is 1.52. The Morgan fingerprint density at radius 1 is 1.19 bits per heavy atom. The number of likely N-dealkylation sites (tertiary alicyclic amines) is 1. The highest BCUT2D eigenvalue weighted by molar-refractivity contribution is 6.33. The van der Waals surface area contributed by atoms with E-state index in [1.54, 1.807) is 18.2 Å². The Bertz CT molecular complexity index is 376. The third kappa shape index (κ3) is 2.67. The minimum Gasteiger partial charge on any atom is -0.389 e. The lowest BCUT2D eigenvalue weighted by atomic mass is 10.2. The first kappa shape index (κ1) is 12.1. The number of rotatable bonds is 2. The van der Waals surface area contributed by atoms with Crippen LogP contribution in [0.25, 0.3) is 0 Å². The van der Waals surface area contributed by atoms with Crippen molar-refractivity contribution in [3.63, 3.8) is 0 Å². The van der Waals surface area contributed by atoms with E-state index in [0.29, 0.717) is 29.7 Å². The minimum absolute atomic E-state index is 0.462. The van der Waals surface area contributed by atoms with Gasteiger partial charge in [0.05, 0.1) is 12.2 Å². The maximum Gasteiger partial charge on any atom is 0.0938 e. The first-order valence-electron chi connectivity index (χ1n) is 5.08. The zero-order chi connectivity index (χ0) is 11.7. The summed E-state index contributed by atoms with van der Waals surface area (Å²) in [7, 11) is 0. The molecule has 2 unspecified atom stereocenters. The number of nitrogens with zero attached hydrogens (tertiary/aromatic N) is 1. The van der Waals surface area contributed by atoms with Gasteiger partial charge in [0, 0.05) is 29.7 Å². The number of hydrogen-bond donors (Lipinski definition) is 2. The predicted octanol–water partition coefficient (Wildman–Crippen LogP) is 1.53. The van der Waals surface area contributed by atoms with Gasteiger partial charge in [0.2, 0.25) is 0 Å². The Morgan fingerprint density at radius 2 is 1.81 bits per heavy atom. The molecule has 1 fully saturated rings. The molecule has 0 bridgehead atoms. The van der Waals surface area contributed by atoms with Crippen molar-refractivity contribution in [1.82, 2.24) is 4.90 Å². The second-order valence-electron chi connectivity index (χ2n) is 4.06. The monoisotopic (exact) mass is 261 g/mol. The Balaban J connectivity index is 2.07. The second kappa shape index (κ2) is 4.90. The van der Waals surface area contributed by atoms with Gasteiger partial charge < -0.3 is 10.2 Å². The Labute approximate surface area is 104 Å². The largest absolute Gasteiger partial charge is 0.389 e. The zero-order valence-corrected chi connectivity index (χ0v) is 10.1. The molecule has 0 amide bonds. The quantitative estimate of drug-likeness (QED) is 0.849. The van der Waals surface area contributed by atoms with Crippen molar-refractivity contribution in [1.29, 1.82) is 0 Å². The Hall–Kier alpha value is -0.320. The summed E-state index contributed by atoms with van der Waals surface area (Å²) >= 11 is 11.9. The van der Waals surface area contributed by atoms with Gasteiger partial charge in [-0.05, 0) is 23.8 Å². The van der Waals surface area contributed by atoms with Gasteiger partial charge in [-0.3, -0.25) is 4.90 Å². The molecule has 88 valence electrons. The van der Waals surface area contributed by atoms with Crippen molar-refractivity contribution in [2.24, 2.45) is 0 Å². The SMILES string of the molecule is OC1CN(Cc2cc(Cl)ccc2Cl)CC1O. The fourth-order valence-corrected chi connectivity index (χ4v) is 2.25. The summed E-state index contributed by atoms with van der Waals surface area (Å²) in [5.41, 5.74) is 0.912. The molecule has 1 aliphatic heterocycles. The van der Waals surface area contributed by atoms with E-state index < -0.39 is 12.2 Å². The molecule has 0 saturated carbocycles. The molecule has 16 heavy (non-hydrogen) atoms. The first-order chi connectivity index (χ1) is 7.56. The molecule has 2 atom stereocenters. The molecule has 1 saturated heterocycles.